The van der Waals surface area contributed by atoms with E-state index in [1.54, 1.807) is 11.3 Å². The van der Waals surface area contributed by atoms with Gasteiger partial charge in [0.2, 0.25) is 0 Å². The van der Waals surface area contributed by atoms with Crippen molar-refractivity contribution in [2.75, 3.05) is 6.54 Å². The fourth-order valence-corrected chi connectivity index (χ4v) is 2.15. The van der Waals surface area contributed by atoms with Crippen LogP contribution in [0.2, 0.25) is 0 Å². The standard InChI is InChI=1S/C11H15N3S/c12-5-2-1-3-11-13-7-10(14-11)9-4-6-15-8-9/h4,6-8H,1-3,5,12H2,(H,13,14). The van der Waals surface area contributed by atoms with Gasteiger partial charge in [0.1, 0.15) is 5.82 Å². The fourth-order valence-electron chi connectivity index (χ4n) is 1.49. The first-order chi connectivity index (χ1) is 7.40. The summed E-state index contributed by atoms with van der Waals surface area (Å²) in [6.45, 7) is 0.762. The molecule has 0 amide bonds. The van der Waals surface area contributed by atoms with Crippen LogP contribution in [0.5, 0.6) is 0 Å². The Kier molecular flexibility index (Phi) is 3.53. The van der Waals surface area contributed by atoms with Crippen LogP contribution in [0.1, 0.15) is 18.7 Å². The van der Waals surface area contributed by atoms with Gasteiger partial charge in [-0.05, 0) is 30.8 Å². The smallest absolute Gasteiger partial charge is 0.106 e. The minimum absolute atomic E-state index is 0.762. The van der Waals surface area contributed by atoms with Crippen molar-refractivity contribution in [1.29, 1.82) is 0 Å². The molecular formula is C11H15N3S. The number of nitrogens with zero attached hydrogens (tertiary/aromatic N) is 1. The zero-order chi connectivity index (χ0) is 10.5. The molecule has 0 unspecified atom stereocenters. The molecule has 0 aliphatic rings. The van der Waals surface area contributed by atoms with Crippen LogP contribution in [0.3, 0.4) is 0 Å². The molecule has 0 radical (unpaired) electrons. The number of hydrogen-bond acceptors (Lipinski definition) is 3. The van der Waals surface area contributed by atoms with Gasteiger partial charge in [-0.3, -0.25) is 0 Å². The largest absolute Gasteiger partial charge is 0.342 e. The fraction of sp³-hybridized carbons (Fsp3) is 0.364. The Morgan fingerprint density at radius 1 is 1.40 bits per heavy atom. The zero-order valence-corrected chi connectivity index (χ0v) is 9.39. The summed E-state index contributed by atoms with van der Waals surface area (Å²) in [4.78, 5) is 7.68. The molecule has 2 aromatic rings. The van der Waals surface area contributed by atoms with E-state index >= 15 is 0 Å². The molecule has 0 aliphatic heterocycles. The summed E-state index contributed by atoms with van der Waals surface area (Å²) in [6, 6.07) is 2.10. The number of nitrogens with one attached hydrogen (secondary N) is 1. The van der Waals surface area contributed by atoms with Crippen LogP contribution in [0.15, 0.2) is 23.0 Å². The second-order valence-electron chi connectivity index (χ2n) is 3.50. The van der Waals surface area contributed by atoms with Crippen molar-refractivity contribution in [3.8, 4) is 11.3 Å². The SMILES string of the molecule is NCCCCc1ncc(-c2ccsc2)[nH]1. The molecule has 4 heteroatoms. The number of unbranched alkanes of at least 4 members (excludes halogenated alkanes) is 1. The lowest BCUT2D eigenvalue weighted by Gasteiger charge is -1.95. The number of thiophene rings is 1. The third-order valence-electron chi connectivity index (χ3n) is 2.33. The highest BCUT2D eigenvalue weighted by Gasteiger charge is 2.02. The maximum absolute atomic E-state index is 5.45. The maximum atomic E-state index is 5.45. The normalized spacial score (nSPS) is 10.7. The summed E-state index contributed by atoms with van der Waals surface area (Å²) in [5.74, 6) is 1.06. The van der Waals surface area contributed by atoms with Gasteiger partial charge in [0.25, 0.3) is 0 Å². The molecule has 0 bridgehead atoms. The quantitative estimate of drug-likeness (QED) is 0.762. The first kappa shape index (κ1) is 10.4. The molecule has 15 heavy (non-hydrogen) atoms. The molecule has 2 heterocycles. The minimum atomic E-state index is 0.762. The molecule has 0 aliphatic carbocycles. The lowest BCUT2D eigenvalue weighted by Crippen LogP contribution is -1.99. The van der Waals surface area contributed by atoms with E-state index in [0.717, 1.165) is 37.3 Å². The van der Waals surface area contributed by atoms with Gasteiger partial charge >= 0.3 is 0 Å². The van der Waals surface area contributed by atoms with Crippen molar-refractivity contribution in [3.63, 3.8) is 0 Å². The number of H-pyrrole nitrogens is 1. The third kappa shape index (κ3) is 2.67. The first-order valence-corrected chi connectivity index (χ1v) is 6.11. The number of nitrogens with two attached hydrogens (primary N) is 1. The summed E-state index contributed by atoms with van der Waals surface area (Å²) in [6.07, 6.45) is 5.06. The van der Waals surface area contributed by atoms with Crippen LogP contribution in [0.25, 0.3) is 11.3 Å². The Bertz CT molecular complexity index is 392. The van der Waals surface area contributed by atoms with E-state index in [1.807, 2.05) is 6.20 Å². The van der Waals surface area contributed by atoms with Crippen LogP contribution < -0.4 is 5.73 Å². The highest BCUT2D eigenvalue weighted by Crippen LogP contribution is 2.20. The van der Waals surface area contributed by atoms with Gasteiger partial charge in [-0.2, -0.15) is 11.3 Å². The van der Waals surface area contributed by atoms with Crippen LogP contribution in [0.4, 0.5) is 0 Å². The van der Waals surface area contributed by atoms with E-state index in [9.17, 15) is 0 Å². The van der Waals surface area contributed by atoms with Crippen molar-refractivity contribution in [2.24, 2.45) is 5.73 Å². The second-order valence-corrected chi connectivity index (χ2v) is 4.28. The van der Waals surface area contributed by atoms with Crippen molar-refractivity contribution in [3.05, 3.63) is 28.8 Å². The van der Waals surface area contributed by atoms with Crippen molar-refractivity contribution < 1.29 is 0 Å². The van der Waals surface area contributed by atoms with E-state index in [1.165, 1.54) is 5.56 Å². The highest BCUT2D eigenvalue weighted by molar-refractivity contribution is 7.08. The predicted octanol–water partition coefficient (Wildman–Crippen LogP) is 2.42. The lowest BCUT2D eigenvalue weighted by molar-refractivity contribution is 0.723. The van der Waals surface area contributed by atoms with Crippen LogP contribution >= 0.6 is 11.3 Å². The van der Waals surface area contributed by atoms with Gasteiger partial charge in [0.15, 0.2) is 0 Å². The molecule has 0 atom stereocenters. The molecule has 2 rings (SSSR count). The van der Waals surface area contributed by atoms with Crippen LogP contribution in [-0.4, -0.2) is 16.5 Å². The first-order valence-electron chi connectivity index (χ1n) is 5.16. The number of aromatic nitrogens is 2. The molecule has 2 aromatic heterocycles. The second kappa shape index (κ2) is 5.09. The minimum Gasteiger partial charge on any atom is -0.342 e. The number of aromatic amines is 1. The van der Waals surface area contributed by atoms with E-state index < -0.39 is 0 Å². The monoisotopic (exact) mass is 221 g/mol. The van der Waals surface area contributed by atoms with Gasteiger partial charge in [0, 0.05) is 17.4 Å². The molecule has 3 N–H and O–H groups in total. The maximum Gasteiger partial charge on any atom is 0.106 e. The third-order valence-corrected chi connectivity index (χ3v) is 3.01. The lowest BCUT2D eigenvalue weighted by atomic mass is 10.2. The van der Waals surface area contributed by atoms with Gasteiger partial charge in [-0.25, -0.2) is 4.98 Å². The highest BCUT2D eigenvalue weighted by atomic mass is 32.1. The van der Waals surface area contributed by atoms with E-state index in [0.29, 0.717) is 0 Å². The Balaban J connectivity index is 1.98. The summed E-state index contributed by atoms with van der Waals surface area (Å²) in [7, 11) is 0. The molecule has 0 fully saturated rings. The summed E-state index contributed by atoms with van der Waals surface area (Å²) < 4.78 is 0. The molecule has 3 nitrogen and oxygen atoms in total. The van der Waals surface area contributed by atoms with Gasteiger partial charge < -0.3 is 10.7 Å². The number of rotatable bonds is 5. The Labute approximate surface area is 93.4 Å². The Morgan fingerprint density at radius 2 is 2.33 bits per heavy atom. The Morgan fingerprint density at radius 3 is 3.07 bits per heavy atom. The Hall–Kier alpha value is -1.13. The molecule has 0 aromatic carbocycles. The average Bonchev–Trinajstić information content (AvgIpc) is 2.87. The zero-order valence-electron chi connectivity index (χ0n) is 8.57. The molecule has 80 valence electrons. The summed E-state index contributed by atoms with van der Waals surface area (Å²) >= 11 is 1.70. The average molecular weight is 221 g/mol. The predicted molar refractivity (Wildman–Crippen MR) is 63.9 cm³/mol. The molecular weight excluding hydrogens is 206 g/mol. The van der Waals surface area contributed by atoms with Gasteiger partial charge in [-0.15, -0.1) is 0 Å². The van der Waals surface area contributed by atoms with E-state index in [2.05, 4.69) is 26.8 Å². The summed E-state index contributed by atoms with van der Waals surface area (Å²) in [5, 5.41) is 4.20. The van der Waals surface area contributed by atoms with Crippen molar-refractivity contribution in [1.82, 2.24) is 9.97 Å². The summed E-state index contributed by atoms with van der Waals surface area (Å²) in [5.41, 5.74) is 7.78. The number of hydrogen-bond donors (Lipinski definition) is 2. The van der Waals surface area contributed by atoms with Crippen LogP contribution in [0, 0.1) is 0 Å². The molecule has 0 saturated heterocycles. The number of imidazole rings is 1. The topological polar surface area (TPSA) is 54.7 Å². The van der Waals surface area contributed by atoms with Crippen molar-refractivity contribution in [2.45, 2.75) is 19.3 Å². The van der Waals surface area contributed by atoms with E-state index in [-0.39, 0.29) is 0 Å². The van der Waals surface area contributed by atoms with E-state index in [4.69, 9.17) is 5.73 Å². The van der Waals surface area contributed by atoms with Crippen molar-refractivity contribution >= 4 is 11.3 Å². The van der Waals surface area contributed by atoms with Crippen LogP contribution in [-0.2, 0) is 6.42 Å². The molecule has 0 saturated carbocycles. The van der Waals surface area contributed by atoms with Gasteiger partial charge in [0.05, 0.1) is 11.9 Å². The number of aryl methyl sites for hydroxylation is 1. The van der Waals surface area contributed by atoms with Gasteiger partial charge in [-0.1, -0.05) is 0 Å². The molecule has 0 spiro atoms.